The van der Waals surface area contributed by atoms with E-state index in [0.29, 0.717) is 21.3 Å². The number of thiophene rings is 1. The normalized spacial score (nSPS) is 12.6. The van der Waals surface area contributed by atoms with Crippen molar-refractivity contribution in [3.8, 4) is 0 Å². The number of carbonyl (C=O) groups excluding carboxylic acids is 1. The lowest BCUT2D eigenvalue weighted by Gasteiger charge is -2.11. The van der Waals surface area contributed by atoms with Gasteiger partial charge in [-0.3, -0.25) is 4.79 Å². The smallest absolute Gasteiger partial charge is 0.267 e. The van der Waals surface area contributed by atoms with Gasteiger partial charge in [-0.25, -0.2) is 12.7 Å². The van der Waals surface area contributed by atoms with Crippen LogP contribution in [0.15, 0.2) is 21.6 Å². The predicted molar refractivity (Wildman–Crippen MR) is 93.1 cm³/mol. The fourth-order valence-electron chi connectivity index (χ4n) is 1.90. The third kappa shape index (κ3) is 3.68. The number of carbonyl (C=O) groups is 1. The summed E-state index contributed by atoms with van der Waals surface area (Å²) in [6, 6.07) is 3.05. The van der Waals surface area contributed by atoms with E-state index in [1.54, 1.807) is 13.0 Å². The second kappa shape index (κ2) is 6.30. The van der Waals surface area contributed by atoms with E-state index in [4.69, 9.17) is 4.52 Å². The van der Waals surface area contributed by atoms with Gasteiger partial charge in [-0.1, -0.05) is 25.9 Å². The Morgan fingerprint density at radius 2 is 1.92 bits per heavy atom. The van der Waals surface area contributed by atoms with Crippen LogP contribution in [0.2, 0.25) is 0 Å². The molecule has 0 fully saturated rings. The largest absolute Gasteiger partial charge is 0.359 e. The minimum Gasteiger partial charge on any atom is -0.359 e. The molecule has 24 heavy (non-hydrogen) atoms. The Morgan fingerprint density at radius 1 is 1.29 bits per heavy atom. The number of nitrogens with one attached hydrogen (secondary N) is 1. The van der Waals surface area contributed by atoms with Crippen molar-refractivity contribution in [1.82, 2.24) is 9.46 Å². The highest BCUT2D eigenvalue weighted by Gasteiger charge is 2.25. The monoisotopic (exact) mass is 371 g/mol. The first kappa shape index (κ1) is 18.6. The van der Waals surface area contributed by atoms with Crippen molar-refractivity contribution in [2.45, 2.75) is 38.0 Å². The van der Waals surface area contributed by atoms with E-state index in [1.807, 2.05) is 20.8 Å². The summed E-state index contributed by atoms with van der Waals surface area (Å²) in [5.41, 5.74) is -0.220. The van der Waals surface area contributed by atoms with Crippen molar-refractivity contribution >= 4 is 33.1 Å². The molecule has 2 heterocycles. The summed E-state index contributed by atoms with van der Waals surface area (Å²) in [5, 5.41) is 6.46. The van der Waals surface area contributed by atoms with E-state index in [0.717, 1.165) is 15.6 Å². The third-order valence-electron chi connectivity index (χ3n) is 3.35. The van der Waals surface area contributed by atoms with Crippen LogP contribution in [-0.4, -0.2) is 37.9 Å². The summed E-state index contributed by atoms with van der Waals surface area (Å²) in [6.45, 7) is 7.59. The molecule has 9 heteroatoms. The highest BCUT2D eigenvalue weighted by molar-refractivity contribution is 7.89. The molecule has 0 aromatic carbocycles. The van der Waals surface area contributed by atoms with Crippen LogP contribution in [0, 0.1) is 6.92 Å². The van der Waals surface area contributed by atoms with Crippen molar-refractivity contribution in [3.05, 3.63) is 27.6 Å². The number of nitrogens with zero attached hydrogens (tertiary/aromatic N) is 2. The maximum absolute atomic E-state index is 12.3. The second-order valence-electron chi connectivity index (χ2n) is 6.60. The zero-order valence-electron chi connectivity index (χ0n) is 14.5. The van der Waals surface area contributed by atoms with Gasteiger partial charge in [0.15, 0.2) is 5.82 Å². The van der Waals surface area contributed by atoms with Crippen molar-refractivity contribution in [2.75, 3.05) is 19.4 Å². The van der Waals surface area contributed by atoms with E-state index in [9.17, 15) is 13.2 Å². The zero-order valence-corrected chi connectivity index (χ0v) is 16.1. The summed E-state index contributed by atoms with van der Waals surface area (Å²) in [7, 11) is -0.671. The predicted octanol–water partition coefficient (Wildman–Crippen LogP) is 2.84. The molecular formula is C15H21N3O4S2. The van der Waals surface area contributed by atoms with Gasteiger partial charge in [-0.2, -0.15) is 0 Å². The molecular weight excluding hydrogens is 350 g/mol. The second-order valence-corrected chi connectivity index (χ2v) is 9.98. The molecule has 0 unspecified atom stereocenters. The minimum absolute atomic E-state index is 0.137. The minimum atomic E-state index is -3.58. The molecule has 0 aliphatic carbocycles. The van der Waals surface area contributed by atoms with Crippen LogP contribution in [-0.2, 0) is 15.4 Å². The van der Waals surface area contributed by atoms with Gasteiger partial charge in [-0.05, 0) is 13.0 Å². The summed E-state index contributed by atoms with van der Waals surface area (Å²) in [5.74, 6) is 0.529. The molecule has 7 nitrogen and oxygen atoms in total. The van der Waals surface area contributed by atoms with Gasteiger partial charge in [0.25, 0.3) is 5.91 Å². The van der Waals surface area contributed by atoms with Crippen LogP contribution >= 0.6 is 11.3 Å². The number of amides is 1. The highest BCUT2D eigenvalue weighted by atomic mass is 32.2. The van der Waals surface area contributed by atoms with Crippen LogP contribution in [0.25, 0.3) is 0 Å². The molecule has 0 bridgehead atoms. The Hall–Kier alpha value is -1.71. The molecule has 0 radical (unpaired) electrons. The zero-order chi connectivity index (χ0) is 18.3. The molecule has 2 aromatic rings. The third-order valence-corrected chi connectivity index (χ3v) is 6.47. The molecule has 0 aliphatic heterocycles. The van der Waals surface area contributed by atoms with Gasteiger partial charge in [0.05, 0.1) is 9.77 Å². The molecule has 0 saturated carbocycles. The van der Waals surface area contributed by atoms with Gasteiger partial charge >= 0.3 is 0 Å². The van der Waals surface area contributed by atoms with Crippen LogP contribution in [0.3, 0.4) is 0 Å². The van der Waals surface area contributed by atoms with Gasteiger partial charge in [0.2, 0.25) is 10.0 Å². The van der Waals surface area contributed by atoms with E-state index < -0.39 is 15.9 Å². The fraction of sp³-hybridized carbons (Fsp3) is 0.467. The number of rotatable bonds is 4. The number of hydrogen-bond donors (Lipinski definition) is 1. The Bertz CT molecular complexity index is 858. The summed E-state index contributed by atoms with van der Waals surface area (Å²) >= 11 is 1.12. The van der Waals surface area contributed by atoms with E-state index in [-0.39, 0.29) is 10.3 Å². The topological polar surface area (TPSA) is 92.5 Å². The summed E-state index contributed by atoms with van der Waals surface area (Å²) in [6.07, 6.45) is 0. The standard InChI is InChI=1S/C15H21N3O4S2/c1-9-11(24(20,21)18(5)6)7-10(23-9)14(19)16-13-8-12(22-17-13)15(2,3)4/h7-8H,1-6H3,(H,16,17,19). The lowest BCUT2D eigenvalue weighted by molar-refractivity contribution is 0.102. The van der Waals surface area contributed by atoms with Crippen LogP contribution in [0.4, 0.5) is 5.82 Å². The lowest BCUT2D eigenvalue weighted by Crippen LogP contribution is -2.22. The van der Waals surface area contributed by atoms with Crippen LogP contribution < -0.4 is 5.32 Å². The number of anilines is 1. The van der Waals surface area contributed by atoms with Gasteiger partial charge in [0, 0.05) is 30.5 Å². The number of aryl methyl sites for hydroxylation is 1. The molecule has 1 amide bonds. The van der Waals surface area contributed by atoms with Crippen molar-refractivity contribution in [1.29, 1.82) is 0 Å². The van der Waals surface area contributed by atoms with Gasteiger partial charge < -0.3 is 9.84 Å². The average molecular weight is 371 g/mol. The first-order valence-corrected chi connectivity index (χ1v) is 9.50. The molecule has 0 atom stereocenters. The summed E-state index contributed by atoms with van der Waals surface area (Å²) < 4.78 is 30.8. The van der Waals surface area contributed by atoms with Crippen LogP contribution in [0.5, 0.6) is 0 Å². The first-order chi connectivity index (χ1) is 10.9. The Morgan fingerprint density at radius 3 is 2.42 bits per heavy atom. The van der Waals surface area contributed by atoms with E-state index >= 15 is 0 Å². The Balaban J connectivity index is 2.24. The van der Waals surface area contributed by atoms with Crippen molar-refractivity contribution in [3.63, 3.8) is 0 Å². The van der Waals surface area contributed by atoms with Crippen molar-refractivity contribution < 1.29 is 17.7 Å². The molecule has 132 valence electrons. The van der Waals surface area contributed by atoms with Gasteiger partial charge in [0.1, 0.15) is 5.76 Å². The molecule has 0 aliphatic rings. The molecule has 2 rings (SSSR count). The number of aromatic nitrogens is 1. The van der Waals surface area contributed by atoms with Gasteiger partial charge in [-0.15, -0.1) is 11.3 Å². The molecule has 1 N–H and O–H groups in total. The number of sulfonamides is 1. The fourth-order valence-corrected chi connectivity index (χ4v) is 4.24. The quantitative estimate of drug-likeness (QED) is 0.892. The summed E-state index contributed by atoms with van der Waals surface area (Å²) in [4.78, 5) is 13.3. The molecule has 2 aromatic heterocycles. The van der Waals surface area contributed by atoms with Crippen LogP contribution in [0.1, 0.15) is 41.1 Å². The Kier molecular flexibility index (Phi) is 4.89. The number of hydrogen-bond acceptors (Lipinski definition) is 6. The molecule has 0 spiro atoms. The SMILES string of the molecule is Cc1sc(C(=O)Nc2cc(C(C)(C)C)on2)cc1S(=O)(=O)N(C)C. The highest BCUT2D eigenvalue weighted by Crippen LogP contribution is 2.29. The maximum Gasteiger partial charge on any atom is 0.267 e. The van der Waals surface area contributed by atoms with E-state index in [2.05, 4.69) is 10.5 Å². The van der Waals surface area contributed by atoms with E-state index in [1.165, 1.54) is 20.2 Å². The average Bonchev–Trinajstić information content (AvgIpc) is 3.04. The lowest BCUT2D eigenvalue weighted by atomic mass is 9.93. The first-order valence-electron chi connectivity index (χ1n) is 7.24. The molecule has 0 saturated heterocycles. The maximum atomic E-state index is 12.3. The Labute approximate surface area is 145 Å². The van der Waals surface area contributed by atoms with Crippen molar-refractivity contribution in [2.24, 2.45) is 0 Å².